The summed E-state index contributed by atoms with van der Waals surface area (Å²) >= 11 is 0. The predicted octanol–water partition coefficient (Wildman–Crippen LogP) is 2.70. The number of carbonyl (C=O) groups is 1. The fourth-order valence-corrected chi connectivity index (χ4v) is 2.76. The summed E-state index contributed by atoms with van der Waals surface area (Å²) in [4.78, 5) is 10.8. The van der Waals surface area contributed by atoms with Crippen LogP contribution in [0.2, 0.25) is 0 Å². The van der Waals surface area contributed by atoms with Crippen molar-refractivity contribution in [1.82, 2.24) is 0 Å². The first kappa shape index (κ1) is 17.7. The van der Waals surface area contributed by atoms with Gasteiger partial charge in [-0.25, -0.2) is 8.78 Å². The number of amides is 1. The Balaban J connectivity index is 2.34. The molecule has 0 heterocycles. The van der Waals surface area contributed by atoms with Crippen molar-refractivity contribution in [2.24, 2.45) is 0 Å². The molecule has 0 atom stereocenters. The third-order valence-corrected chi connectivity index (χ3v) is 4.11. The maximum atomic E-state index is 13.1. The van der Waals surface area contributed by atoms with E-state index >= 15 is 0 Å². The fraction of sp³-hybridized carbons (Fsp3) is 0.133. The number of halogens is 2. The van der Waals surface area contributed by atoms with Crippen molar-refractivity contribution < 1.29 is 30.9 Å². The molecule has 0 spiro atoms. The summed E-state index contributed by atoms with van der Waals surface area (Å²) in [6, 6.07) is 6.00. The van der Waals surface area contributed by atoms with Gasteiger partial charge in [0.1, 0.15) is 16.4 Å². The Kier molecular flexibility index (Phi) is 5.03. The number of hydrogen-bond acceptors (Lipinski definition) is 5. The highest BCUT2D eigenvalue weighted by molar-refractivity contribution is 7.87. The lowest BCUT2D eigenvalue weighted by Gasteiger charge is -2.12. The normalized spacial score (nSPS) is 11.0. The largest absolute Gasteiger partial charge is 0.495 e. The maximum absolute atomic E-state index is 13.1. The lowest BCUT2D eigenvalue weighted by molar-refractivity contribution is -0.114. The van der Waals surface area contributed by atoms with E-state index in [-0.39, 0.29) is 28.0 Å². The van der Waals surface area contributed by atoms with Crippen molar-refractivity contribution in [1.29, 1.82) is 0 Å². The summed E-state index contributed by atoms with van der Waals surface area (Å²) in [5.74, 6) is -3.00. The summed E-state index contributed by atoms with van der Waals surface area (Å²) in [6.07, 6.45) is 0. The molecule has 0 radical (unpaired) electrons. The first-order valence-electron chi connectivity index (χ1n) is 6.58. The van der Waals surface area contributed by atoms with Crippen molar-refractivity contribution in [2.45, 2.75) is 11.8 Å². The van der Waals surface area contributed by atoms with Gasteiger partial charge in [-0.2, -0.15) is 8.42 Å². The molecule has 0 saturated heterocycles. The molecule has 128 valence electrons. The molecule has 2 rings (SSSR count). The molecule has 0 aliphatic rings. The summed E-state index contributed by atoms with van der Waals surface area (Å²) in [5, 5.41) is 2.48. The zero-order chi connectivity index (χ0) is 17.9. The van der Waals surface area contributed by atoms with Crippen LogP contribution in [0.4, 0.5) is 14.5 Å². The van der Waals surface area contributed by atoms with E-state index in [9.17, 15) is 22.0 Å². The highest BCUT2D eigenvalue weighted by atomic mass is 32.2. The van der Waals surface area contributed by atoms with Crippen LogP contribution in [-0.4, -0.2) is 21.4 Å². The van der Waals surface area contributed by atoms with Crippen molar-refractivity contribution in [3.63, 3.8) is 0 Å². The summed E-state index contributed by atoms with van der Waals surface area (Å²) in [6.45, 7) is 1.29. The molecular weight excluding hydrogens is 344 g/mol. The number of rotatable bonds is 5. The lowest BCUT2D eigenvalue weighted by atomic mass is 10.3. The van der Waals surface area contributed by atoms with Gasteiger partial charge in [-0.05, 0) is 24.3 Å². The highest BCUT2D eigenvalue weighted by Gasteiger charge is 2.20. The quantitative estimate of drug-likeness (QED) is 0.832. The molecule has 0 bridgehead atoms. The van der Waals surface area contributed by atoms with Crippen LogP contribution in [0.15, 0.2) is 41.3 Å². The van der Waals surface area contributed by atoms with Crippen LogP contribution in [0.1, 0.15) is 6.92 Å². The van der Waals surface area contributed by atoms with Crippen molar-refractivity contribution in [2.75, 3.05) is 12.4 Å². The van der Waals surface area contributed by atoms with Crippen LogP contribution in [0.25, 0.3) is 0 Å². The maximum Gasteiger partial charge on any atom is 0.339 e. The standard InChI is InChI=1S/C15H13F2NO5S/c1-9(19)18-14-6-4-11(8-15(14)22-2)24(20,21)23-10-3-5-12(16)13(17)7-10/h3-8H,1-2H3,(H,18,19). The number of carbonyl (C=O) groups excluding carboxylic acids is 1. The van der Waals surface area contributed by atoms with E-state index in [1.807, 2.05) is 0 Å². The molecule has 6 nitrogen and oxygen atoms in total. The molecule has 0 aromatic heterocycles. The van der Waals surface area contributed by atoms with Crippen LogP contribution < -0.4 is 14.2 Å². The average Bonchev–Trinajstić information content (AvgIpc) is 2.50. The van der Waals surface area contributed by atoms with Gasteiger partial charge in [-0.15, -0.1) is 0 Å². The van der Waals surface area contributed by atoms with E-state index in [2.05, 4.69) is 5.32 Å². The first-order valence-corrected chi connectivity index (χ1v) is 7.99. The van der Waals surface area contributed by atoms with Gasteiger partial charge in [0.05, 0.1) is 12.8 Å². The Morgan fingerprint density at radius 1 is 1.08 bits per heavy atom. The van der Waals surface area contributed by atoms with Gasteiger partial charge < -0.3 is 14.2 Å². The van der Waals surface area contributed by atoms with Crippen LogP contribution in [0.5, 0.6) is 11.5 Å². The number of benzene rings is 2. The van der Waals surface area contributed by atoms with Gasteiger partial charge in [0.2, 0.25) is 5.91 Å². The summed E-state index contributed by atoms with van der Waals surface area (Å²) in [7, 11) is -3.00. The molecule has 1 amide bonds. The Labute approximate surface area is 137 Å². The zero-order valence-corrected chi connectivity index (χ0v) is 13.5. The summed E-state index contributed by atoms with van der Waals surface area (Å²) in [5.41, 5.74) is 0.275. The SMILES string of the molecule is COc1cc(S(=O)(=O)Oc2ccc(F)c(F)c2)ccc1NC(C)=O. The lowest BCUT2D eigenvalue weighted by Crippen LogP contribution is -2.12. The number of hydrogen-bond donors (Lipinski definition) is 1. The van der Waals surface area contributed by atoms with E-state index < -0.39 is 21.8 Å². The molecular formula is C15H13F2NO5S. The molecule has 0 aliphatic carbocycles. The molecule has 2 aromatic carbocycles. The van der Waals surface area contributed by atoms with Gasteiger partial charge in [0.25, 0.3) is 0 Å². The van der Waals surface area contributed by atoms with E-state index in [1.54, 1.807) is 0 Å². The van der Waals surface area contributed by atoms with Gasteiger partial charge in [0, 0.05) is 19.1 Å². The van der Waals surface area contributed by atoms with Gasteiger partial charge in [-0.3, -0.25) is 4.79 Å². The average molecular weight is 357 g/mol. The van der Waals surface area contributed by atoms with E-state index in [1.165, 1.54) is 26.2 Å². The number of ether oxygens (including phenoxy) is 1. The van der Waals surface area contributed by atoms with Crippen molar-refractivity contribution >= 4 is 21.7 Å². The van der Waals surface area contributed by atoms with Crippen molar-refractivity contribution in [3.05, 3.63) is 48.0 Å². The van der Waals surface area contributed by atoms with Gasteiger partial charge in [-0.1, -0.05) is 0 Å². The first-order chi connectivity index (χ1) is 11.2. The minimum atomic E-state index is -4.30. The van der Waals surface area contributed by atoms with E-state index in [4.69, 9.17) is 8.92 Å². The highest BCUT2D eigenvalue weighted by Crippen LogP contribution is 2.29. The minimum Gasteiger partial charge on any atom is -0.495 e. The molecule has 0 fully saturated rings. The smallest absolute Gasteiger partial charge is 0.339 e. The molecule has 24 heavy (non-hydrogen) atoms. The molecule has 0 saturated carbocycles. The van der Waals surface area contributed by atoms with E-state index in [0.717, 1.165) is 18.2 Å². The second kappa shape index (κ2) is 6.83. The van der Waals surface area contributed by atoms with Crippen molar-refractivity contribution in [3.8, 4) is 11.5 Å². The number of anilines is 1. The minimum absolute atomic E-state index is 0.0974. The second-order valence-corrected chi connectivity index (χ2v) is 6.20. The molecule has 1 N–H and O–H groups in total. The fourth-order valence-electron chi connectivity index (χ4n) is 1.82. The van der Waals surface area contributed by atoms with E-state index in [0.29, 0.717) is 6.07 Å². The van der Waals surface area contributed by atoms with Crippen LogP contribution >= 0.6 is 0 Å². The Bertz CT molecular complexity index is 883. The monoisotopic (exact) mass is 357 g/mol. The topological polar surface area (TPSA) is 81.7 Å². The Morgan fingerprint density at radius 2 is 1.79 bits per heavy atom. The van der Waals surface area contributed by atoms with Gasteiger partial charge >= 0.3 is 10.1 Å². The Hall–Kier alpha value is -2.68. The number of nitrogens with one attached hydrogen (secondary N) is 1. The third-order valence-electron chi connectivity index (χ3n) is 2.87. The third kappa shape index (κ3) is 3.99. The van der Waals surface area contributed by atoms with Crippen LogP contribution in [-0.2, 0) is 14.9 Å². The van der Waals surface area contributed by atoms with Crippen LogP contribution in [0.3, 0.4) is 0 Å². The Morgan fingerprint density at radius 3 is 2.38 bits per heavy atom. The van der Waals surface area contributed by atoms with Crippen LogP contribution in [0, 0.1) is 11.6 Å². The molecule has 9 heteroatoms. The van der Waals surface area contributed by atoms with Gasteiger partial charge in [0.15, 0.2) is 11.6 Å². The second-order valence-electron chi connectivity index (χ2n) is 4.66. The molecule has 0 aliphatic heterocycles. The predicted molar refractivity (Wildman–Crippen MR) is 81.5 cm³/mol. The molecule has 2 aromatic rings. The molecule has 0 unspecified atom stereocenters. The number of methoxy groups -OCH3 is 1. The zero-order valence-electron chi connectivity index (χ0n) is 12.7. The summed E-state index contributed by atoms with van der Waals surface area (Å²) < 4.78 is 60.2.